The van der Waals surface area contributed by atoms with Gasteiger partial charge in [-0.15, -0.1) is 0 Å². The first-order valence-corrected chi connectivity index (χ1v) is 6.52. The zero-order valence-corrected chi connectivity index (χ0v) is 11.5. The minimum atomic E-state index is -0.208. The van der Waals surface area contributed by atoms with E-state index in [1.807, 2.05) is 37.3 Å². The van der Waals surface area contributed by atoms with Crippen molar-refractivity contribution < 1.29 is 4.39 Å². The van der Waals surface area contributed by atoms with E-state index in [1.165, 1.54) is 12.1 Å². The summed E-state index contributed by atoms with van der Waals surface area (Å²) in [4.78, 5) is 4.45. The molecule has 1 aromatic heterocycles. The molecular formula is C16H19FN2. The van der Waals surface area contributed by atoms with Gasteiger partial charge >= 0.3 is 0 Å². The zero-order chi connectivity index (χ0) is 13.8. The average Bonchev–Trinajstić information content (AvgIpc) is 2.37. The number of hydrogen-bond donors (Lipinski definition) is 1. The summed E-state index contributed by atoms with van der Waals surface area (Å²) in [6.07, 6.45) is 0. The second kappa shape index (κ2) is 5.83. The summed E-state index contributed by atoms with van der Waals surface area (Å²) in [5.74, 6) is 1.02. The van der Waals surface area contributed by atoms with Crippen LogP contribution in [-0.2, 0) is 0 Å². The van der Waals surface area contributed by atoms with Gasteiger partial charge < -0.3 is 5.32 Å². The summed E-state index contributed by atoms with van der Waals surface area (Å²) < 4.78 is 13.0. The first-order valence-electron chi connectivity index (χ1n) is 6.52. The highest BCUT2D eigenvalue weighted by Crippen LogP contribution is 2.26. The molecule has 0 bridgehead atoms. The van der Waals surface area contributed by atoms with Crippen LogP contribution in [0.25, 0.3) is 0 Å². The molecule has 1 heterocycles. The fraction of sp³-hybridized carbons (Fsp3) is 0.312. The van der Waals surface area contributed by atoms with E-state index in [1.54, 1.807) is 0 Å². The van der Waals surface area contributed by atoms with Gasteiger partial charge in [-0.05, 0) is 42.7 Å². The summed E-state index contributed by atoms with van der Waals surface area (Å²) in [5, 5.41) is 3.42. The SMILES string of the molecule is Cc1cccc(NC(c2ccc(F)cc2)C(C)C)n1. The molecule has 1 aromatic carbocycles. The molecule has 0 aliphatic heterocycles. The molecule has 0 saturated carbocycles. The smallest absolute Gasteiger partial charge is 0.126 e. The van der Waals surface area contributed by atoms with Crippen LogP contribution in [0.2, 0.25) is 0 Å². The van der Waals surface area contributed by atoms with Crippen LogP contribution in [0.5, 0.6) is 0 Å². The molecular weight excluding hydrogens is 239 g/mol. The van der Waals surface area contributed by atoms with Gasteiger partial charge in [0, 0.05) is 5.69 Å². The van der Waals surface area contributed by atoms with Crippen LogP contribution in [0, 0.1) is 18.7 Å². The van der Waals surface area contributed by atoms with Crippen molar-refractivity contribution in [3.05, 3.63) is 59.5 Å². The van der Waals surface area contributed by atoms with Gasteiger partial charge in [0.05, 0.1) is 6.04 Å². The number of aromatic nitrogens is 1. The Kier molecular flexibility index (Phi) is 4.15. The minimum absolute atomic E-state index is 0.120. The Bertz CT molecular complexity index is 535. The van der Waals surface area contributed by atoms with E-state index in [2.05, 4.69) is 24.1 Å². The maximum absolute atomic E-state index is 13.0. The highest BCUT2D eigenvalue weighted by molar-refractivity contribution is 5.39. The van der Waals surface area contributed by atoms with Crippen LogP contribution in [0.15, 0.2) is 42.5 Å². The molecule has 2 rings (SSSR count). The van der Waals surface area contributed by atoms with E-state index in [4.69, 9.17) is 0 Å². The lowest BCUT2D eigenvalue weighted by atomic mass is 9.96. The lowest BCUT2D eigenvalue weighted by Crippen LogP contribution is -2.17. The summed E-state index contributed by atoms with van der Waals surface area (Å²) in [6, 6.07) is 12.7. The average molecular weight is 258 g/mol. The van der Waals surface area contributed by atoms with Crippen LogP contribution < -0.4 is 5.32 Å². The standard InChI is InChI=1S/C16H19FN2/c1-11(2)16(13-7-9-14(17)10-8-13)19-15-6-4-5-12(3)18-15/h4-11,16H,1-3H3,(H,18,19). The number of nitrogens with zero attached hydrogens (tertiary/aromatic N) is 1. The van der Waals surface area contributed by atoms with E-state index in [-0.39, 0.29) is 11.9 Å². The zero-order valence-electron chi connectivity index (χ0n) is 11.5. The lowest BCUT2D eigenvalue weighted by molar-refractivity contribution is 0.542. The molecule has 100 valence electrons. The van der Waals surface area contributed by atoms with E-state index in [9.17, 15) is 4.39 Å². The van der Waals surface area contributed by atoms with Crippen molar-refractivity contribution >= 4 is 5.82 Å². The van der Waals surface area contributed by atoms with Crippen molar-refractivity contribution in [2.75, 3.05) is 5.32 Å². The Labute approximate surface area is 113 Å². The molecule has 0 spiro atoms. The van der Waals surface area contributed by atoms with Crippen LogP contribution >= 0.6 is 0 Å². The molecule has 1 unspecified atom stereocenters. The number of hydrogen-bond acceptors (Lipinski definition) is 2. The van der Waals surface area contributed by atoms with Gasteiger partial charge in [-0.2, -0.15) is 0 Å². The van der Waals surface area contributed by atoms with Gasteiger partial charge in [0.25, 0.3) is 0 Å². The molecule has 0 aliphatic rings. The van der Waals surface area contributed by atoms with Gasteiger partial charge in [0.1, 0.15) is 11.6 Å². The summed E-state index contributed by atoms with van der Waals surface area (Å²) >= 11 is 0. The predicted molar refractivity (Wildman–Crippen MR) is 76.6 cm³/mol. The molecule has 2 aromatic rings. The molecule has 0 radical (unpaired) electrons. The van der Waals surface area contributed by atoms with Crippen LogP contribution in [0.4, 0.5) is 10.2 Å². The second-order valence-electron chi connectivity index (χ2n) is 5.08. The maximum Gasteiger partial charge on any atom is 0.126 e. The van der Waals surface area contributed by atoms with E-state index >= 15 is 0 Å². The monoisotopic (exact) mass is 258 g/mol. The fourth-order valence-corrected chi connectivity index (χ4v) is 2.09. The number of nitrogens with one attached hydrogen (secondary N) is 1. The van der Waals surface area contributed by atoms with Gasteiger partial charge in [0.15, 0.2) is 0 Å². The number of benzene rings is 1. The molecule has 1 N–H and O–H groups in total. The van der Waals surface area contributed by atoms with Crippen LogP contribution in [0.3, 0.4) is 0 Å². The lowest BCUT2D eigenvalue weighted by Gasteiger charge is -2.23. The normalized spacial score (nSPS) is 12.5. The first-order chi connectivity index (χ1) is 9.06. The van der Waals surface area contributed by atoms with Crippen molar-refractivity contribution in [2.45, 2.75) is 26.8 Å². The third kappa shape index (κ3) is 3.53. The minimum Gasteiger partial charge on any atom is -0.363 e. The van der Waals surface area contributed by atoms with Crippen molar-refractivity contribution in [1.82, 2.24) is 4.98 Å². The molecule has 0 amide bonds. The van der Waals surface area contributed by atoms with E-state index < -0.39 is 0 Å². The maximum atomic E-state index is 13.0. The summed E-state index contributed by atoms with van der Waals surface area (Å²) in [5.41, 5.74) is 2.05. The van der Waals surface area contributed by atoms with Crippen molar-refractivity contribution in [3.63, 3.8) is 0 Å². The number of rotatable bonds is 4. The molecule has 0 saturated heterocycles. The third-order valence-corrected chi connectivity index (χ3v) is 3.09. The van der Waals surface area contributed by atoms with Crippen LogP contribution in [0.1, 0.15) is 31.1 Å². The molecule has 1 atom stereocenters. The topological polar surface area (TPSA) is 24.9 Å². The van der Waals surface area contributed by atoms with Gasteiger partial charge in [-0.1, -0.05) is 32.0 Å². The summed E-state index contributed by atoms with van der Waals surface area (Å²) in [6.45, 7) is 6.24. The molecule has 2 nitrogen and oxygen atoms in total. The van der Waals surface area contributed by atoms with Crippen molar-refractivity contribution in [1.29, 1.82) is 0 Å². The Hall–Kier alpha value is -1.90. The van der Waals surface area contributed by atoms with Gasteiger partial charge in [0.2, 0.25) is 0 Å². The first kappa shape index (κ1) is 13.5. The number of halogens is 1. The summed E-state index contributed by atoms with van der Waals surface area (Å²) in [7, 11) is 0. The molecule has 19 heavy (non-hydrogen) atoms. The third-order valence-electron chi connectivity index (χ3n) is 3.09. The quantitative estimate of drug-likeness (QED) is 0.882. The Morgan fingerprint density at radius 2 is 1.74 bits per heavy atom. The highest BCUT2D eigenvalue weighted by Gasteiger charge is 2.16. The van der Waals surface area contributed by atoms with Crippen molar-refractivity contribution in [3.8, 4) is 0 Å². The van der Waals surface area contributed by atoms with Gasteiger partial charge in [-0.3, -0.25) is 0 Å². The number of anilines is 1. The molecule has 0 aliphatic carbocycles. The Morgan fingerprint density at radius 3 is 2.32 bits per heavy atom. The number of aryl methyl sites for hydroxylation is 1. The Balaban J connectivity index is 2.23. The fourth-order valence-electron chi connectivity index (χ4n) is 2.09. The predicted octanol–water partition coefficient (Wildman–Crippen LogP) is 4.34. The largest absolute Gasteiger partial charge is 0.363 e. The van der Waals surface area contributed by atoms with E-state index in [0.29, 0.717) is 5.92 Å². The van der Waals surface area contributed by atoms with E-state index in [0.717, 1.165) is 17.1 Å². The van der Waals surface area contributed by atoms with Crippen LogP contribution in [-0.4, -0.2) is 4.98 Å². The highest BCUT2D eigenvalue weighted by atomic mass is 19.1. The Morgan fingerprint density at radius 1 is 1.05 bits per heavy atom. The molecule has 3 heteroatoms. The number of pyridine rings is 1. The van der Waals surface area contributed by atoms with Crippen molar-refractivity contribution in [2.24, 2.45) is 5.92 Å². The molecule has 0 fully saturated rings. The van der Waals surface area contributed by atoms with Gasteiger partial charge in [-0.25, -0.2) is 9.37 Å². The second-order valence-corrected chi connectivity index (χ2v) is 5.08.